The molecule has 0 spiro atoms. The standard InChI is InChI=1S/C15H23NO/c1-17-12-15(14-8-3-2-4-9-14)16-11-10-13-6-5-7-13/h2-4,8-9,13,15-16H,5-7,10-12H2,1H3. The number of hydrogen-bond acceptors (Lipinski definition) is 2. The van der Waals surface area contributed by atoms with E-state index in [2.05, 4.69) is 35.6 Å². The third kappa shape index (κ3) is 3.83. The van der Waals surface area contributed by atoms with Crippen molar-refractivity contribution in [3.63, 3.8) is 0 Å². The first kappa shape index (κ1) is 12.6. The normalized spacial score (nSPS) is 17.7. The fraction of sp³-hybridized carbons (Fsp3) is 0.600. The van der Waals surface area contributed by atoms with Crippen molar-refractivity contribution in [2.24, 2.45) is 5.92 Å². The van der Waals surface area contributed by atoms with Crippen molar-refractivity contribution < 1.29 is 4.74 Å². The fourth-order valence-electron chi connectivity index (χ4n) is 2.37. The van der Waals surface area contributed by atoms with E-state index < -0.39 is 0 Å². The van der Waals surface area contributed by atoms with Gasteiger partial charge in [0.05, 0.1) is 12.6 Å². The van der Waals surface area contributed by atoms with Crippen LogP contribution in [0.4, 0.5) is 0 Å². The quantitative estimate of drug-likeness (QED) is 0.781. The molecule has 1 N–H and O–H groups in total. The van der Waals surface area contributed by atoms with Crippen LogP contribution >= 0.6 is 0 Å². The summed E-state index contributed by atoms with van der Waals surface area (Å²) in [6.07, 6.45) is 5.61. The van der Waals surface area contributed by atoms with Gasteiger partial charge in [-0.1, -0.05) is 49.6 Å². The monoisotopic (exact) mass is 233 g/mol. The van der Waals surface area contributed by atoms with E-state index in [-0.39, 0.29) is 0 Å². The Morgan fingerprint density at radius 1 is 1.29 bits per heavy atom. The summed E-state index contributed by atoms with van der Waals surface area (Å²) >= 11 is 0. The maximum absolute atomic E-state index is 5.29. The topological polar surface area (TPSA) is 21.3 Å². The lowest BCUT2D eigenvalue weighted by atomic mass is 9.83. The third-order valence-electron chi connectivity index (χ3n) is 3.70. The molecule has 0 bridgehead atoms. The van der Waals surface area contributed by atoms with Crippen LogP contribution in [0.3, 0.4) is 0 Å². The van der Waals surface area contributed by atoms with Crippen molar-refractivity contribution in [1.82, 2.24) is 5.32 Å². The number of benzene rings is 1. The Morgan fingerprint density at radius 2 is 2.06 bits per heavy atom. The Labute approximate surface area is 104 Å². The average Bonchev–Trinajstić information content (AvgIpc) is 2.32. The Hall–Kier alpha value is -0.860. The summed E-state index contributed by atoms with van der Waals surface area (Å²) in [5, 5.41) is 3.61. The SMILES string of the molecule is COCC(NCCC1CCC1)c1ccccc1. The maximum atomic E-state index is 5.29. The molecule has 1 unspecified atom stereocenters. The smallest absolute Gasteiger partial charge is 0.0657 e. The summed E-state index contributed by atoms with van der Waals surface area (Å²) in [6.45, 7) is 1.85. The lowest BCUT2D eigenvalue weighted by molar-refractivity contribution is 0.164. The van der Waals surface area contributed by atoms with Gasteiger partial charge in [0.25, 0.3) is 0 Å². The molecule has 1 fully saturated rings. The van der Waals surface area contributed by atoms with E-state index in [9.17, 15) is 0 Å². The van der Waals surface area contributed by atoms with Crippen molar-refractivity contribution in [3.8, 4) is 0 Å². The van der Waals surface area contributed by atoms with Crippen molar-refractivity contribution in [1.29, 1.82) is 0 Å². The van der Waals surface area contributed by atoms with Gasteiger partial charge in [0.15, 0.2) is 0 Å². The second kappa shape index (κ2) is 6.77. The number of hydrogen-bond donors (Lipinski definition) is 1. The molecule has 1 atom stereocenters. The van der Waals surface area contributed by atoms with Crippen LogP contribution in [0.5, 0.6) is 0 Å². The zero-order chi connectivity index (χ0) is 11.9. The van der Waals surface area contributed by atoms with Crippen LogP contribution in [0.2, 0.25) is 0 Å². The number of methoxy groups -OCH3 is 1. The molecule has 17 heavy (non-hydrogen) atoms. The first-order valence-electron chi connectivity index (χ1n) is 6.67. The van der Waals surface area contributed by atoms with Crippen LogP contribution in [-0.2, 0) is 4.74 Å². The molecule has 2 heteroatoms. The van der Waals surface area contributed by atoms with E-state index in [1.165, 1.54) is 31.2 Å². The van der Waals surface area contributed by atoms with Gasteiger partial charge in [-0.05, 0) is 24.4 Å². The molecule has 0 aromatic heterocycles. The Bertz CT molecular complexity index is 308. The minimum atomic E-state index is 0.335. The van der Waals surface area contributed by atoms with Gasteiger partial charge in [0, 0.05) is 7.11 Å². The fourth-order valence-corrected chi connectivity index (χ4v) is 2.37. The molecule has 1 aromatic rings. The molecule has 2 rings (SSSR count). The van der Waals surface area contributed by atoms with Crippen molar-refractivity contribution in [2.45, 2.75) is 31.7 Å². The summed E-state index contributed by atoms with van der Waals surface area (Å²) < 4.78 is 5.29. The minimum Gasteiger partial charge on any atom is -0.383 e. The highest BCUT2D eigenvalue weighted by Crippen LogP contribution is 2.29. The van der Waals surface area contributed by atoms with Gasteiger partial charge in [-0.2, -0.15) is 0 Å². The molecule has 0 saturated heterocycles. The molecule has 0 heterocycles. The predicted octanol–water partition coefficient (Wildman–Crippen LogP) is 3.15. The number of nitrogens with one attached hydrogen (secondary N) is 1. The van der Waals surface area contributed by atoms with Gasteiger partial charge in [0.2, 0.25) is 0 Å². The third-order valence-corrected chi connectivity index (χ3v) is 3.70. The lowest BCUT2D eigenvalue weighted by Gasteiger charge is -2.26. The van der Waals surface area contributed by atoms with Crippen molar-refractivity contribution >= 4 is 0 Å². The summed E-state index contributed by atoms with van der Waals surface area (Å²) in [5.41, 5.74) is 1.32. The zero-order valence-electron chi connectivity index (χ0n) is 10.7. The second-order valence-electron chi connectivity index (χ2n) is 4.96. The Kier molecular flexibility index (Phi) is 5.02. The van der Waals surface area contributed by atoms with E-state index in [4.69, 9.17) is 4.74 Å². The molecule has 1 saturated carbocycles. The molecule has 0 radical (unpaired) electrons. The summed E-state index contributed by atoms with van der Waals surface area (Å²) in [6, 6.07) is 10.9. The van der Waals surface area contributed by atoms with Crippen LogP contribution in [-0.4, -0.2) is 20.3 Å². The molecule has 0 aliphatic heterocycles. The predicted molar refractivity (Wildman–Crippen MR) is 71.0 cm³/mol. The summed E-state index contributed by atoms with van der Waals surface area (Å²) in [4.78, 5) is 0. The Morgan fingerprint density at radius 3 is 2.65 bits per heavy atom. The number of ether oxygens (including phenoxy) is 1. The molecule has 1 aliphatic carbocycles. The first-order chi connectivity index (χ1) is 8.40. The van der Waals surface area contributed by atoms with Crippen LogP contribution in [0.15, 0.2) is 30.3 Å². The maximum Gasteiger partial charge on any atom is 0.0657 e. The minimum absolute atomic E-state index is 0.335. The highest BCUT2D eigenvalue weighted by molar-refractivity contribution is 5.18. The zero-order valence-corrected chi connectivity index (χ0v) is 10.7. The first-order valence-corrected chi connectivity index (χ1v) is 6.67. The van der Waals surface area contributed by atoms with Crippen LogP contribution in [0.25, 0.3) is 0 Å². The van der Waals surface area contributed by atoms with Gasteiger partial charge >= 0.3 is 0 Å². The van der Waals surface area contributed by atoms with Gasteiger partial charge in [0.1, 0.15) is 0 Å². The largest absolute Gasteiger partial charge is 0.383 e. The van der Waals surface area contributed by atoms with E-state index in [0.717, 1.165) is 19.1 Å². The highest BCUT2D eigenvalue weighted by Gasteiger charge is 2.17. The number of rotatable bonds is 7. The lowest BCUT2D eigenvalue weighted by Crippen LogP contribution is -2.28. The highest BCUT2D eigenvalue weighted by atomic mass is 16.5. The van der Waals surface area contributed by atoms with Crippen molar-refractivity contribution in [3.05, 3.63) is 35.9 Å². The van der Waals surface area contributed by atoms with E-state index in [0.29, 0.717) is 6.04 Å². The van der Waals surface area contributed by atoms with Crippen LogP contribution < -0.4 is 5.32 Å². The molecule has 94 valence electrons. The molecule has 1 aliphatic rings. The van der Waals surface area contributed by atoms with Crippen molar-refractivity contribution in [2.75, 3.05) is 20.3 Å². The molecule has 2 nitrogen and oxygen atoms in total. The van der Waals surface area contributed by atoms with Gasteiger partial charge in [-0.15, -0.1) is 0 Å². The summed E-state index contributed by atoms with van der Waals surface area (Å²) in [7, 11) is 1.77. The van der Waals surface area contributed by atoms with Crippen LogP contribution in [0.1, 0.15) is 37.3 Å². The van der Waals surface area contributed by atoms with Crippen LogP contribution in [0, 0.1) is 5.92 Å². The average molecular weight is 233 g/mol. The molecular formula is C15H23NO. The summed E-state index contributed by atoms with van der Waals surface area (Å²) in [5.74, 6) is 0.974. The molecule has 1 aromatic carbocycles. The Balaban J connectivity index is 1.79. The molecule has 0 amide bonds. The van der Waals surface area contributed by atoms with Gasteiger partial charge in [-0.3, -0.25) is 0 Å². The van der Waals surface area contributed by atoms with E-state index in [1.807, 2.05) is 0 Å². The van der Waals surface area contributed by atoms with E-state index >= 15 is 0 Å². The molecular weight excluding hydrogens is 210 g/mol. The van der Waals surface area contributed by atoms with Gasteiger partial charge in [-0.25, -0.2) is 0 Å². The second-order valence-corrected chi connectivity index (χ2v) is 4.96. The van der Waals surface area contributed by atoms with Gasteiger partial charge < -0.3 is 10.1 Å². The van der Waals surface area contributed by atoms with E-state index in [1.54, 1.807) is 7.11 Å².